The summed E-state index contributed by atoms with van der Waals surface area (Å²) in [4.78, 5) is 0. The van der Waals surface area contributed by atoms with E-state index in [2.05, 4.69) is 17.6 Å². The van der Waals surface area contributed by atoms with Gasteiger partial charge in [-0.25, -0.2) is 0 Å². The molecule has 0 radical (unpaired) electrons. The van der Waals surface area contributed by atoms with Crippen LogP contribution in [0.2, 0.25) is 0 Å². The highest BCUT2D eigenvalue weighted by Gasteiger charge is 2.41. The van der Waals surface area contributed by atoms with E-state index in [0.29, 0.717) is 24.3 Å². The fourth-order valence-corrected chi connectivity index (χ4v) is 3.63. The second-order valence-corrected chi connectivity index (χ2v) is 5.81. The molecule has 3 aliphatic rings. The van der Waals surface area contributed by atoms with E-state index >= 15 is 0 Å². The fourth-order valence-electron chi connectivity index (χ4n) is 3.63. The highest BCUT2D eigenvalue weighted by Crippen LogP contribution is 2.34. The molecule has 2 bridgehead atoms. The number of nitrogens with one attached hydrogen (secondary N) is 2. The molecule has 2 N–H and O–H groups in total. The number of hydrogen-bond acceptors (Lipinski definition) is 3. The molecule has 0 spiro atoms. The Morgan fingerprint density at radius 3 is 2.94 bits per heavy atom. The van der Waals surface area contributed by atoms with Crippen LogP contribution >= 0.6 is 0 Å². The topological polar surface area (TPSA) is 33.3 Å². The first-order valence-corrected chi connectivity index (χ1v) is 6.96. The van der Waals surface area contributed by atoms with E-state index in [1.807, 2.05) is 0 Å². The van der Waals surface area contributed by atoms with E-state index in [4.69, 9.17) is 4.74 Å². The van der Waals surface area contributed by atoms with Crippen molar-refractivity contribution < 1.29 is 4.74 Å². The van der Waals surface area contributed by atoms with Gasteiger partial charge in [0.05, 0.1) is 12.2 Å². The van der Waals surface area contributed by atoms with Crippen molar-refractivity contribution in [1.82, 2.24) is 10.6 Å². The van der Waals surface area contributed by atoms with E-state index in [-0.39, 0.29) is 0 Å². The Kier molecular flexibility index (Phi) is 3.18. The van der Waals surface area contributed by atoms with Crippen LogP contribution in [0, 0.1) is 0 Å². The summed E-state index contributed by atoms with van der Waals surface area (Å²) in [6.07, 6.45) is 8.88. The van der Waals surface area contributed by atoms with E-state index in [0.717, 1.165) is 6.04 Å². The van der Waals surface area contributed by atoms with Crippen molar-refractivity contribution in [2.45, 2.75) is 75.8 Å². The van der Waals surface area contributed by atoms with Gasteiger partial charge in [0.1, 0.15) is 0 Å². The van der Waals surface area contributed by atoms with Crippen LogP contribution in [-0.2, 0) is 4.74 Å². The van der Waals surface area contributed by atoms with Gasteiger partial charge < -0.3 is 15.4 Å². The lowest BCUT2D eigenvalue weighted by Crippen LogP contribution is -2.44. The molecule has 3 heteroatoms. The Morgan fingerprint density at radius 1 is 1.38 bits per heavy atom. The van der Waals surface area contributed by atoms with Crippen LogP contribution in [0.4, 0.5) is 0 Å². The third kappa shape index (κ3) is 2.27. The molecular formula is C13H24N2O. The third-order valence-electron chi connectivity index (χ3n) is 4.41. The Hall–Kier alpha value is -0.120. The predicted octanol–water partition coefficient (Wildman–Crippen LogP) is 1.43. The minimum atomic E-state index is 0.518. The molecule has 0 saturated carbocycles. The molecule has 0 amide bonds. The normalized spacial score (nSPS) is 44.1. The molecule has 3 heterocycles. The molecule has 3 rings (SSSR count). The van der Waals surface area contributed by atoms with Crippen LogP contribution in [0.25, 0.3) is 0 Å². The third-order valence-corrected chi connectivity index (χ3v) is 4.41. The van der Waals surface area contributed by atoms with Gasteiger partial charge in [0, 0.05) is 18.1 Å². The largest absolute Gasteiger partial charge is 0.373 e. The van der Waals surface area contributed by atoms with Crippen LogP contribution in [0.1, 0.15) is 45.4 Å². The lowest BCUT2D eigenvalue weighted by Gasteiger charge is -2.26. The second kappa shape index (κ2) is 4.63. The Morgan fingerprint density at radius 2 is 2.31 bits per heavy atom. The summed E-state index contributed by atoms with van der Waals surface area (Å²) in [5, 5.41) is 7.35. The van der Waals surface area contributed by atoms with E-state index in [1.54, 1.807) is 0 Å². The van der Waals surface area contributed by atoms with Crippen LogP contribution in [0.15, 0.2) is 0 Å². The predicted molar refractivity (Wildman–Crippen MR) is 64.5 cm³/mol. The molecule has 92 valence electrons. The number of ether oxygens (including phenoxy) is 1. The Bertz CT molecular complexity index is 240. The molecule has 0 aromatic rings. The zero-order valence-electron chi connectivity index (χ0n) is 10.2. The molecule has 0 aromatic carbocycles. The summed E-state index contributed by atoms with van der Waals surface area (Å²) >= 11 is 0. The zero-order chi connectivity index (χ0) is 11.0. The minimum absolute atomic E-state index is 0.518. The first kappa shape index (κ1) is 11.0. The van der Waals surface area contributed by atoms with Crippen LogP contribution in [0.3, 0.4) is 0 Å². The summed E-state index contributed by atoms with van der Waals surface area (Å²) in [6, 6.07) is 2.01. The molecule has 16 heavy (non-hydrogen) atoms. The first-order valence-electron chi connectivity index (χ1n) is 6.96. The van der Waals surface area contributed by atoms with Crippen molar-refractivity contribution in [3.05, 3.63) is 0 Å². The minimum Gasteiger partial charge on any atom is -0.373 e. The van der Waals surface area contributed by atoms with Gasteiger partial charge in [-0.1, -0.05) is 0 Å². The second-order valence-electron chi connectivity index (χ2n) is 5.81. The Labute approximate surface area is 98.3 Å². The van der Waals surface area contributed by atoms with Crippen molar-refractivity contribution in [2.24, 2.45) is 0 Å². The summed E-state index contributed by atoms with van der Waals surface area (Å²) in [5.74, 6) is 0. The molecule has 0 aliphatic carbocycles. The van der Waals surface area contributed by atoms with Gasteiger partial charge in [0.2, 0.25) is 0 Å². The fraction of sp³-hybridized carbons (Fsp3) is 1.00. The van der Waals surface area contributed by atoms with Crippen LogP contribution in [-0.4, -0.2) is 36.9 Å². The smallest absolute Gasteiger partial charge is 0.0733 e. The molecule has 0 aromatic heterocycles. The van der Waals surface area contributed by atoms with Crippen molar-refractivity contribution in [3.8, 4) is 0 Å². The number of fused-ring (bicyclic) bond motifs is 2. The van der Waals surface area contributed by atoms with Gasteiger partial charge in [0.25, 0.3) is 0 Å². The molecule has 3 fully saturated rings. The monoisotopic (exact) mass is 224 g/mol. The summed E-state index contributed by atoms with van der Waals surface area (Å²) < 4.78 is 5.88. The zero-order valence-corrected chi connectivity index (χ0v) is 10.2. The lowest BCUT2D eigenvalue weighted by molar-refractivity contribution is 0.0959. The lowest BCUT2D eigenvalue weighted by atomic mass is 9.94. The maximum absolute atomic E-state index is 5.88. The van der Waals surface area contributed by atoms with Gasteiger partial charge in [-0.15, -0.1) is 0 Å². The average Bonchev–Trinajstić information content (AvgIpc) is 2.92. The van der Waals surface area contributed by atoms with E-state index in [1.165, 1.54) is 45.1 Å². The summed E-state index contributed by atoms with van der Waals surface area (Å²) in [5.41, 5.74) is 0. The van der Waals surface area contributed by atoms with Crippen molar-refractivity contribution >= 4 is 0 Å². The molecular weight excluding hydrogens is 200 g/mol. The molecule has 5 unspecified atom stereocenters. The Balaban J connectivity index is 1.43. The van der Waals surface area contributed by atoms with Crippen LogP contribution in [0.5, 0.6) is 0 Å². The van der Waals surface area contributed by atoms with Gasteiger partial charge in [-0.05, 0) is 52.0 Å². The van der Waals surface area contributed by atoms with Crippen molar-refractivity contribution in [1.29, 1.82) is 0 Å². The maximum Gasteiger partial charge on any atom is 0.0733 e. The molecule has 5 atom stereocenters. The van der Waals surface area contributed by atoms with Gasteiger partial charge >= 0.3 is 0 Å². The summed E-state index contributed by atoms with van der Waals surface area (Å²) in [7, 11) is 0. The van der Waals surface area contributed by atoms with E-state index < -0.39 is 0 Å². The van der Waals surface area contributed by atoms with E-state index in [9.17, 15) is 0 Å². The highest BCUT2D eigenvalue weighted by molar-refractivity contribution is 4.95. The summed E-state index contributed by atoms with van der Waals surface area (Å²) in [6.45, 7) is 3.54. The first-order chi connectivity index (χ1) is 7.81. The van der Waals surface area contributed by atoms with Gasteiger partial charge in [0.15, 0.2) is 0 Å². The number of rotatable bonds is 4. The maximum atomic E-state index is 5.88. The molecule has 3 nitrogen and oxygen atoms in total. The van der Waals surface area contributed by atoms with Gasteiger partial charge in [-0.2, -0.15) is 0 Å². The van der Waals surface area contributed by atoms with Gasteiger partial charge in [-0.3, -0.25) is 0 Å². The quantitative estimate of drug-likeness (QED) is 0.758. The molecule has 3 aliphatic heterocycles. The molecule has 3 saturated heterocycles. The number of hydrogen-bond donors (Lipinski definition) is 2. The average molecular weight is 224 g/mol. The van der Waals surface area contributed by atoms with Crippen molar-refractivity contribution in [2.75, 3.05) is 6.54 Å². The highest BCUT2D eigenvalue weighted by atomic mass is 16.5. The standard InChI is InChI=1S/C13H24N2O/c1-9(7-10-3-2-6-14-10)15-12-8-11-4-5-13(12)16-11/h9-15H,2-8H2,1H3. The van der Waals surface area contributed by atoms with Crippen LogP contribution < -0.4 is 10.6 Å². The SMILES string of the molecule is CC(CC1CCCN1)NC1CC2CCC1O2. The van der Waals surface area contributed by atoms with Crippen molar-refractivity contribution in [3.63, 3.8) is 0 Å².